The molecule has 0 saturated carbocycles. The van der Waals surface area contributed by atoms with Crippen LogP contribution in [0.1, 0.15) is 5.56 Å². The van der Waals surface area contributed by atoms with E-state index in [0.717, 1.165) is 25.9 Å². The molecular formula is C18H15AsBrN5. The molecule has 2 N–H and O–H groups in total. The number of hydrogen-bond acceptors (Lipinski definition) is 4. The molecule has 1 atom stereocenters. The quantitative estimate of drug-likeness (QED) is 0.478. The van der Waals surface area contributed by atoms with Crippen LogP contribution in [0.15, 0.2) is 59.3 Å². The number of hydrogen-bond donors (Lipinski definition) is 1. The number of fused-ring (bicyclic) bond motifs is 1. The van der Waals surface area contributed by atoms with Gasteiger partial charge in [0, 0.05) is 0 Å². The number of benzene rings is 2. The Hall–Kier alpha value is -2.17. The van der Waals surface area contributed by atoms with Gasteiger partial charge >= 0.3 is 160 Å². The standard InChI is InChI=1S/C18H15AsBrN5/c1-11-6-7-12(20)8-13(11)19-18-24-14-4-2-3-5-15(14)25(18)17-9-16(21)22-10-23-17/h2-10,19H,1H3,(H2,21,22,23). The number of aryl methyl sites for hydroxylation is 1. The summed E-state index contributed by atoms with van der Waals surface area (Å²) in [6.45, 7) is 2.14. The van der Waals surface area contributed by atoms with E-state index in [0.29, 0.717) is 5.82 Å². The number of nitrogens with zero attached hydrogens (tertiary/aromatic N) is 4. The fraction of sp³-hybridized carbons (Fsp3) is 0.0556. The first-order valence-electron chi connectivity index (χ1n) is 7.70. The third-order valence-electron chi connectivity index (χ3n) is 3.91. The maximum atomic E-state index is 5.87. The topological polar surface area (TPSA) is 69.6 Å². The van der Waals surface area contributed by atoms with Gasteiger partial charge in [0.05, 0.1) is 0 Å². The second kappa shape index (κ2) is 6.62. The third-order valence-corrected chi connectivity index (χ3v) is 7.27. The first-order chi connectivity index (χ1) is 12.1. The van der Waals surface area contributed by atoms with Crippen LogP contribution in [-0.4, -0.2) is 35.3 Å². The molecule has 124 valence electrons. The Kier molecular flexibility index (Phi) is 4.32. The molecule has 0 bridgehead atoms. The number of anilines is 1. The van der Waals surface area contributed by atoms with Gasteiger partial charge in [-0.15, -0.1) is 0 Å². The Morgan fingerprint density at radius 1 is 1.08 bits per heavy atom. The molecule has 0 aliphatic rings. The average Bonchev–Trinajstić information content (AvgIpc) is 2.96. The van der Waals surface area contributed by atoms with Crippen molar-refractivity contribution in [2.75, 3.05) is 5.73 Å². The molecule has 0 amide bonds. The van der Waals surface area contributed by atoms with Crippen molar-refractivity contribution in [1.29, 1.82) is 0 Å². The SMILES string of the molecule is Cc1ccc(Br)cc1[AsH]c1nc2ccccc2n1-c1cc(N)ncn1. The van der Waals surface area contributed by atoms with Gasteiger partial charge in [-0.25, -0.2) is 0 Å². The molecule has 2 aromatic heterocycles. The maximum absolute atomic E-state index is 5.87. The van der Waals surface area contributed by atoms with Gasteiger partial charge in [0.25, 0.3) is 0 Å². The first-order valence-corrected chi connectivity index (χ1v) is 10.6. The van der Waals surface area contributed by atoms with Crippen molar-refractivity contribution in [3.8, 4) is 5.82 Å². The van der Waals surface area contributed by atoms with Crippen molar-refractivity contribution >= 4 is 57.5 Å². The second-order valence-electron chi connectivity index (χ2n) is 5.64. The number of rotatable bonds is 3. The zero-order chi connectivity index (χ0) is 17.4. The average molecular weight is 456 g/mol. The van der Waals surface area contributed by atoms with Crippen LogP contribution in [0, 0.1) is 6.92 Å². The Bertz CT molecular complexity index is 1080. The predicted molar refractivity (Wildman–Crippen MR) is 106 cm³/mol. The molecule has 0 radical (unpaired) electrons. The molecule has 5 nitrogen and oxygen atoms in total. The van der Waals surface area contributed by atoms with Crippen molar-refractivity contribution in [3.63, 3.8) is 0 Å². The van der Waals surface area contributed by atoms with E-state index in [1.54, 1.807) is 6.07 Å². The van der Waals surface area contributed by atoms with E-state index in [4.69, 9.17) is 10.7 Å². The summed E-state index contributed by atoms with van der Waals surface area (Å²) in [7, 11) is 0. The minimum absolute atomic E-state index is 0.451. The van der Waals surface area contributed by atoms with Crippen LogP contribution in [0.4, 0.5) is 5.82 Å². The van der Waals surface area contributed by atoms with E-state index in [1.807, 2.05) is 18.2 Å². The molecule has 0 fully saturated rings. The van der Waals surface area contributed by atoms with Crippen molar-refractivity contribution in [2.24, 2.45) is 0 Å². The Morgan fingerprint density at radius 3 is 2.76 bits per heavy atom. The summed E-state index contributed by atoms with van der Waals surface area (Å²) >= 11 is 2.92. The molecule has 0 aliphatic carbocycles. The van der Waals surface area contributed by atoms with Gasteiger partial charge in [-0.3, -0.25) is 0 Å². The van der Waals surface area contributed by atoms with Gasteiger partial charge in [-0.1, -0.05) is 0 Å². The van der Waals surface area contributed by atoms with Gasteiger partial charge in [0.2, 0.25) is 0 Å². The number of nitrogen functional groups attached to an aromatic ring is 1. The number of halogens is 1. The number of aromatic nitrogens is 4. The van der Waals surface area contributed by atoms with E-state index in [-0.39, 0.29) is 0 Å². The summed E-state index contributed by atoms with van der Waals surface area (Å²) in [6, 6.07) is 16.3. The van der Waals surface area contributed by atoms with E-state index in [9.17, 15) is 0 Å². The van der Waals surface area contributed by atoms with Crippen molar-refractivity contribution < 1.29 is 0 Å². The van der Waals surface area contributed by atoms with Crippen molar-refractivity contribution in [1.82, 2.24) is 19.5 Å². The molecule has 0 spiro atoms. The molecule has 0 saturated heterocycles. The summed E-state index contributed by atoms with van der Waals surface area (Å²) in [5.41, 5.74) is 9.15. The van der Waals surface area contributed by atoms with Crippen LogP contribution in [0.25, 0.3) is 16.9 Å². The van der Waals surface area contributed by atoms with E-state index in [2.05, 4.69) is 61.7 Å². The zero-order valence-corrected chi connectivity index (χ0v) is 17.1. The minimum atomic E-state index is -0.657. The monoisotopic (exact) mass is 455 g/mol. The molecule has 7 heteroatoms. The molecule has 4 rings (SSSR count). The summed E-state index contributed by atoms with van der Waals surface area (Å²) in [5.74, 6) is 1.21. The van der Waals surface area contributed by atoms with Gasteiger partial charge in [0.1, 0.15) is 0 Å². The van der Waals surface area contributed by atoms with Crippen LogP contribution >= 0.6 is 15.9 Å². The van der Waals surface area contributed by atoms with Crippen LogP contribution < -0.4 is 14.7 Å². The summed E-state index contributed by atoms with van der Waals surface area (Å²) in [5, 5.41) is 0. The molecule has 25 heavy (non-hydrogen) atoms. The van der Waals surface area contributed by atoms with Crippen LogP contribution in [0.5, 0.6) is 0 Å². The van der Waals surface area contributed by atoms with Gasteiger partial charge < -0.3 is 0 Å². The van der Waals surface area contributed by atoms with Crippen LogP contribution in [-0.2, 0) is 0 Å². The van der Waals surface area contributed by atoms with Gasteiger partial charge in [0.15, 0.2) is 0 Å². The first kappa shape index (κ1) is 16.3. The Balaban J connectivity index is 1.91. The number of nitrogens with two attached hydrogens (primary N) is 1. The zero-order valence-electron chi connectivity index (χ0n) is 13.4. The van der Waals surface area contributed by atoms with E-state index in [1.165, 1.54) is 16.2 Å². The molecular weight excluding hydrogens is 441 g/mol. The van der Waals surface area contributed by atoms with Crippen LogP contribution in [0.2, 0.25) is 0 Å². The van der Waals surface area contributed by atoms with Crippen molar-refractivity contribution in [2.45, 2.75) is 6.92 Å². The number of imidazole rings is 1. The van der Waals surface area contributed by atoms with E-state index < -0.39 is 15.8 Å². The molecule has 2 heterocycles. The van der Waals surface area contributed by atoms with E-state index >= 15 is 0 Å². The van der Waals surface area contributed by atoms with Crippen LogP contribution in [0.3, 0.4) is 0 Å². The van der Waals surface area contributed by atoms with Gasteiger partial charge in [-0.2, -0.15) is 0 Å². The Morgan fingerprint density at radius 2 is 1.92 bits per heavy atom. The number of para-hydroxylation sites is 2. The molecule has 2 aromatic carbocycles. The Labute approximate surface area is 160 Å². The summed E-state index contributed by atoms with van der Waals surface area (Å²) < 4.78 is 5.58. The molecule has 4 aromatic rings. The fourth-order valence-corrected chi connectivity index (χ4v) is 6.15. The summed E-state index contributed by atoms with van der Waals surface area (Å²) in [4.78, 5) is 13.3. The normalized spacial score (nSPS) is 11.6. The predicted octanol–water partition coefficient (Wildman–Crippen LogP) is 1.86. The van der Waals surface area contributed by atoms with Gasteiger partial charge in [-0.05, 0) is 0 Å². The molecule has 0 aliphatic heterocycles. The second-order valence-corrected chi connectivity index (χ2v) is 9.15. The fourth-order valence-electron chi connectivity index (χ4n) is 2.67. The summed E-state index contributed by atoms with van der Waals surface area (Å²) in [6.07, 6.45) is 1.49. The third kappa shape index (κ3) is 3.19. The van der Waals surface area contributed by atoms with Crippen molar-refractivity contribution in [3.05, 3.63) is 64.9 Å². The molecule has 1 unspecified atom stereocenters.